The lowest BCUT2D eigenvalue weighted by molar-refractivity contribution is 0.0696. The first kappa shape index (κ1) is 23.6. The van der Waals surface area contributed by atoms with E-state index in [9.17, 15) is 28.3 Å². The lowest BCUT2D eigenvalue weighted by Gasteiger charge is -2.10. The van der Waals surface area contributed by atoms with Crippen molar-refractivity contribution in [1.29, 1.82) is 0 Å². The lowest BCUT2D eigenvalue weighted by atomic mass is 10.0. The van der Waals surface area contributed by atoms with E-state index in [1.807, 2.05) is 12.1 Å². The molecule has 0 atom stereocenters. The van der Waals surface area contributed by atoms with Gasteiger partial charge < -0.3 is 15.4 Å². The summed E-state index contributed by atoms with van der Waals surface area (Å²) in [4.78, 5) is 44.2. The Kier molecular flexibility index (Phi) is 6.06. The number of carboxylic acids is 1. The number of pyridine rings is 2. The number of benzene rings is 2. The second kappa shape index (κ2) is 9.50. The molecule has 5 rings (SSSR count). The monoisotopic (exact) mass is 500 g/mol. The van der Waals surface area contributed by atoms with Crippen molar-refractivity contribution in [3.8, 4) is 16.8 Å². The average Bonchev–Trinajstić information content (AvgIpc) is 3.33. The smallest absolute Gasteiger partial charge is 0.337 e. The van der Waals surface area contributed by atoms with E-state index in [0.717, 1.165) is 27.3 Å². The van der Waals surface area contributed by atoms with Gasteiger partial charge in [0.1, 0.15) is 11.2 Å². The van der Waals surface area contributed by atoms with Crippen molar-refractivity contribution < 1.29 is 23.5 Å². The zero-order valence-electron chi connectivity index (χ0n) is 19.0. The molecule has 37 heavy (non-hydrogen) atoms. The molecule has 0 aliphatic heterocycles. The second-order valence-corrected chi connectivity index (χ2v) is 8.18. The number of carbonyl (C=O) groups excluding carboxylic acids is 1. The first-order valence-electron chi connectivity index (χ1n) is 11.1. The zero-order chi connectivity index (χ0) is 26.1. The van der Waals surface area contributed by atoms with Crippen molar-refractivity contribution in [2.45, 2.75) is 6.54 Å². The molecule has 3 aromatic heterocycles. The molecular formula is C27H18F2N4O4. The number of hydrogen-bond donors (Lipinski definition) is 3. The van der Waals surface area contributed by atoms with Crippen LogP contribution in [-0.4, -0.2) is 31.5 Å². The maximum atomic E-state index is 14.2. The molecule has 0 saturated carbocycles. The minimum absolute atomic E-state index is 0.0587. The Morgan fingerprint density at radius 1 is 1.05 bits per heavy atom. The maximum absolute atomic E-state index is 14.2. The minimum Gasteiger partial charge on any atom is -0.478 e. The van der Waals surface area contributed by atoms with Gasteiger partial charge >= 0.3 is 5.97 Å². The Hall–Kier alpha value is -5.12. The first-order valence-corrected chi connectivity index (χ1v) is 11.1. The summed E-state index contributed by atoms with van der Waals surface area (Å²) in [5.74, 6) is -4.06. The molecule has 3 heterocycles. The Bertz CT molecular complexity index is 1740. The minimum atomic E-state index is -1.19. The lowest BCUT2D eigenvalue weighted by Crippen LogP contribution is -2.32. The van der Waals surface area contributed by atoms with Gasteiger partial charge in [-0.05, 0) is 47.5 Å². The Morgan fingerprint density at radius 3 is 2.68 bits per heavy atom. The SMILES string of the molecule is O=C(O)c1cnc2[nH]cc(-c3cccc(CNC(=O)c4cccn(-c5cccc(F)c5F)c4=O)c3)c2c1. The van der Waals surface area contributed by atoms with Gasteiger partial charge in [-0.15, -0.1) is 0 Å². The highest BCUT2D eigenvalue weighted by atomic mass is 19.2. The standard InChI is InChI=1S/C27H18F2N4O4/c28-21-7-2-8-22(23(21)29)33-9-3-6-18(26(33)35)25(34)32-12-15-4-1-5-16(10-15)20-14-31-24-19(20)11-17(13-30-24)27(36)37/h1-11,13-14H,12H2,(H,30,31)(H,32,34)(H,36,37). The van der Waals surface area contributed by atoms with Crippen molar-refractivity contribution in [2.75, 3.05) is 0 Å². The molecule has 184 valence electrons. The molecular weight excluding hydrogens is 482 g/mol. The topological polar surface area (TPSA) is 117 Å². The fourth-order valence-electron chi connectivity index (χ4n) is 4.02. The number of nitrogens with one attached hydrogen (secondary N) is 2. The summed E-state index contributed by atoms with van der Waals surface area (Å²) >= 11 is 0. The highest BCUT2D eigenvalue weighted by Crippen LogP contribution is 2.29. The third-order valence-electron chi connectivity index (χ3n) is 5.85. The fourth-order valence-corrected chi connectivity index (χ4v) is 4.02. The normalized spacial score (nSPS) is 11.0. The largest absolute Gasteiger partial charge is 0.478 e. The van der Waals surface area contributed by atoms with E-state index in [1.165, 1.54) is 42.7 Å². The van der Waals surface area contributed by atoms with Crippen LogP contribution in [0.4, 0.5) is 8.78 Å². The van der Waals surface area contributed by atoms with Crippen molar-refractivity contribution in [2.24, 2.45) is 0 Å². The number of fused-ring (bicyclic) bond motifs is 1. The van der Waals surface area contributed by atoms with Gasteiger partial charge in [0.05, 0.1) is 11.3 Å². The molecule has 10 heteroatoms. The van der Waals surface area contributed by atoms with Crippen LogP contribution in [0, 0.1) is 11.6 Å². The Balaban J connectivity index is 1.39. The first-order chi connectivity index (χ1) is 17.8. The van der Waals surface area contributed by atoms with Crippen LogP contribution in [0.1, 0.15) is 26.3 Å². The zero-order valence-corrected chi connectivity index (χ0v) is 19.0. The van der Waals surface area contributed by atoms with E-state index in [4.69, 9.17) is 0 Å². The third-order valence-corrected chi connectivity index (χ3v) is 5.85. The number of aromatic amines is 1. The van der Waals surface area contributed by atoms with Gasteiger partial charge in [-0.3, -0.25) is 14.2 Å². The molecule has 2 aromatic carbocycles. The molecule has 0 radical (unpaired) electrons. The number of amides is 1. The van der Waals surface area contributed by atoms with Crippen LogP contribution in [0.25, 0.3) is 27.8 Å². The number of halogens is 2. The van der Waals surface area contributed by atoms with Crippen LogP contribution in [0.2, 0.25) is 0 Å². The number of aromatic nitrogens is 3. The predicted octanol–water partition coefficient (Wildman–Crippen LogP) is 4.29. The summed E-state index contributed by atoms with van der Waals surface area (Å²) in [5, 5.41) is 12.6. The quantitative estimate of drug-likeness (QED) is 0.322. The number of aromatic carboxylic acids is 1. The Labute approximate surface area is 207 Å². The molecule has 5 aromatic rings. The van der Waals surface area contributed by atoms with Gasteiger partial charge in [0.15, 0.2) is 11.6 Å². The van der Waals surface area contributed by atoms with E-state index < -0.39 is 29.1 Å². The maximum Gasteiger partial charge on any atom is 0.337 e. The second-order valence-electron chi connectivity index (χ2n) is 8.18. The van der Waals surface area contributed by atoms with Gasteiger partial charge in [-0.1, -0.05) is 24.3 Å². The molecule has 8 nitrogen and oxygen atoms in total. The third kappa shape index (κ3) is 4.47. The highest BCUT2D eigenvalue weighted by molar-refractivity contribution is 5.98. The van der Waals surface area contributed by atoms with Crippen LogP contribution < -0.4 is 10.9 Å². The molecule has 0 aliphatic rings. The molecule has 0 aliphatic carbocycles. The number of H-pyrrole nitrogens is 1. The van der Waals surface area contributed by atoms with Crippen LogP contribution in [0.15, 0.2) is 84.0 Å². The highest BCUT2D eigenvalue weighted by Gasteiger charge is 2.17. The number of hydrogen-bond acceptors (Lipinski definition) is 4. The van der Waals surface area contributed by atoms with Gasteiger partial charge in [-0.25, -0.2) is 18.6 Å². The molecule has 0 bridgehead atoms. The van der Waals surface area contributed by atoms with Crippen LogP contribution in [0.5, 0.6) is 0 Å². The van der Waals surface area contributed by atoms with E-state index in [2.05, 4.69) is 15.3 Å². The molecule has 3 N–H and O–H groups in total. The molecule has 0 spiro atoms. The van der Waals surface area contributed by atoms with Crippen LogP contribution in [0.3, 0.4) is 0 Å². The molecule has 0 saturated heterocycles. The summed E-state index contributed by atoms with van der Waals surface area (Å²) in [5.41, 5.74) is 1.50. The van der Waals surface area contributed by atoms with Crippen molar-refractivity contribution in [3.63, 3.8) is 0 Å². The summed E-state index contributed by atoms with van der Waals surface area (Å²) < 4.78 is 28.7. The predicted molar refractivity (Wildman–Crippen MR) is 132 cm³/mol. The van der Waals surface area contributed by atoms with Gasteiger partial charge in [0.25, 0.3) is 11.5 Å². The summed E-state index contributed by atoms with van der Waals surface area (Å²) in [7, 11) is 0. The van der Waals surface area contributed by atoms with E-state index in [1.54, 1.807) is 18.3 Å². The number of carbonyl (C=O) groups is 2. The molecule has 0 unspecified atom stereocenters. The van der Waals surface area contributed by atoms with Crippen LogP contribution in [-0.2, 0) is 6.54 Å². The summed E-state index contributed by atoms with van der Waals surface area (Å²) in [6.45, 7) is 0.0797. The van der Waals surface area contributed by atoms with Crippen molar-refractivity contribution >= 4 is 22.9 Å². The van der Waals surface area contributed by atoms with Crippen LogP contribution >= 0.6 is 0 Å². The van der Waals surface area contributed by atoms with Gasteiger partial charge in [-0.2, -0.15) is 0 Å². The van der Waals surface area contributed by atoms with Gasteiger partial charge in [0, 0.05) is 36.1 Å². The van der Waals surface area contributed by atoms with Gasteiger partial charge in [0.2, 0.25) is 0 Å². The summed E-state index contributed by atoms with van der Waals surface area (Å²) in [6.07, 6.45) is 4.25. The Morgan fingerprint density at radius 2 is 1.86 bits per heavy atom. The fraction of sp³-hybridized carbons (Fsp3) is 0.0370. The van der Waals surface area contributed by atoms with E-state index >= 15 is 0 Å². The molecule has 1 amide bonds. The number of nitrogens with zero attached hydrogens (tertiary/aromatic N) is 2. The van der Waals surface area contributed by atoms with E-state index in [0.29, 0.717) is 11.0 Å². The number of carboxylic acid groups (broad SMARTS) is 1. The number of rotatable bonds is 6. The van der Waals surface area contributed by atoms with E-state index in [-0.39, 0.29) is 23.4 Å². The van der Waals surface area contributed by atoms with Crippen molar-refractivity contribution in [3.05, 3.63) is 118 Å². The average molecular weight is 500 g/mol. The summed E-state index contributed by atoms with van der Waals surface area (Å²) in [6, 6.07) is 14.9. The molecule has 0 fully saturated rings. The van der Waals surface area contributed by atoms with Crippen molar-refractivity contribution in [1.82, 2.24) is 19.9 Å².